The Balaban J connectivity index is 1.60. The molecule has 1 aromatic carbocycles. The molecule has 3 rings (SSSR count). The fraction of sp³-hybridized carbons (Fsp3) is 0.333. The Morgan fingerprint density at radius 3 is 2.84 bits per heavy atom. The number of aromatic nitrogens is 1. The molecule has 1 fully saturated rings. The van der Waals surface area contributed by atoms with E-state index in [1.54, 1.807) is 6.07 Å². The van der Waals surface area contributed by atoms with Crippen molar-refractivity contribution in [3.63, 3.8) is 0 Å². The Bertz CT molecular complexity index is 593. The summed E-state index contributed by atoms with van der Waals surface area (Å²) in [4.78, 5) is 16.3. The van der Waals surface area contributed by atoms with Crippen molar-refractivity contribution in [2.24, 2.45) is 0 Å². The van der Waals surface area contributed by atoms with E-state index in [9.17, 15) is 4.79 Å². The van der Waals surface area contributed by atoms with E-state index in [-0.39, 0.29) is 5.91 Å². The van der Waals surface area contributed by atoms with Gasteiger partial charge in [0.25, 0.3) is 5.91 Å². The molecule has 1 amide bonds. The summed E-state index contributed by atoms with van der Waals surface area (Å²) in [6, 6.07) is 12.2. The second-order valence-corrected chi connectivity index (χ2v) is 4.87. The summed E-state index contributed by atoms with van der Waals surface area (Å²) in [5, 5.41) is 7.29. The molecule has 19 heavy (non-hydrogen) atoms. The first-order valence-corrected chi connectivity index (χ1v) is 6.70. The van der Waals surface area contributed by atoms with Crippen LogP contribution in [-0.2, 0) is 0 Å². The molecule has 1 aliphatic carbocycles. The number of carbonyl (C=O) groups excluding carboxylic acids is 1. The van der Waals surface area contributed by atoms with Crippen molar-refractivity contribution in [2.75, 3.05) is 13.1 Å². The lowest BCUT2D eigenvalue weighted by Gasteiger charge is -2.06. The number of pyridine rings is 1. The highest BCUT2D eigenvalue weighted by molar-refractivity contribution is 5.94. The summed E-state index contributed by atoms with van der Waals surface area (Å²) in [7, 11) is 0. The minimum absolute atomic E-state index is 0.108. The van der Waals surface area contributed by atoms with E-state index in [0.29, 0.717) is 18.3 Å². The molecule has 1 aromatic heterocycles. The average Bonchev–Trinajstić information content (AvgIpc) is 3.27. The van der Waals surface area contributed by atoms with Crippen LogP contribution in [0.4, 0.5) is 0 Å². The van der Waals surface area contributed by atoms with Gasteiger partial charge in [-0.3, -0.25) is 4.79 Å². The lowest BCUT2D eigenvalue weighted by molar-refractivity contribution is 0.0949. The number of amides is 1. The van der Waals surface area contributed by atoms with Crippen molar-refractivity contribution >= 4 is 16.8 Å². The molecule has 0 atom stereocenters. The quantitative estimate of drug-likeness (QED) is 0.800. The standard InChI is InChI=1S/C15H17N3O/c19-15(17-10-9-16-12-6-7-12)14-8-5-11-3-1-2-4-13(11)18-14/h1-5,8,12,16H,6-7,9-10H2,(H,17,19). The highest BCUT2D eigenvalue weighted by atomic mass is 16.1. The second kappa shape index (κ2) is 5.36. The summed E-state index contributed by atoms with van der Waals surface area (Å²) in [5.74, 6) is -0.108. The van der Waals surface area contributed by atoms with Crippen molar-refractivity contribution < 1.29 is 4.79 Å². The minimum atomic E-state index is -0.108. The van der Waals surface area contributed by atoms with E-state index in [1.165, 1.54) is 12.8 Å². The van der Waals surface area contributed by atoms with Crippen LogP contribution in [0, 0.1) is 0 Å². The van der Waals surface area contributed by atoms with Crippen molar-refractivity contribution in [1.82, 2.24) is 15.6 Å². The normalized spacial score (nSPS) is 14.5. The maximum absolute atomic E-state index is 11.9. The van der Waals surface area contributed by atoms with Gasteiger partial charge >= 0.3 is 0 Å². The van der Waals surface area contributed by atoms with Gasteiger partial charge in [-0.15, -0.1) is 0 Å². The summed E-state index contributed by atoms with van der Waals surface area (Å²) in [6.07, 6.45) is 2.53. The molecule has 0 radical (unpaired) electrons. The first-order chi connectivity index (χ1) is 9.33. The first kappa shape index (κ1) is 12.1. The zero-order valence-electron chi connectivity index (χ0n) is 10.7. The fourth-order valence-corrected chi connectivity index (χ4v) is 2.02. The summed E-state index contributed by atoms with van der Waals surface area (Å²) >= 11 is 0. The second-order valence-electron chi connectivity index (χ2n) is 4.87. The van der Waals surface area contributed by atoms with Gasteiger partial charge < -0.3 is 10.6 Å². The predicted octanol–water partition coefficient (Wildman–Crippen LogP) is 1.72. The van der Waals surface area contributed by atoms with Crippen molar-refractivity contribution in [3.05, 3.63) is 42.1 Å². The van der Waals surface area contributed by atoms with Crippen LogP contribution in [0.15, 0.2) is 36.4 Å². The highest BCUT2D eigenvalue weighted by Gasteiger charge is 2.19. The predicted molar refractivity (Wildman–Crippen MR) is 75.1 cm³/mol. The molecule has 4 nitrogen and oxygen atoms in total. The van der Waals surface area contributed by atoms with Gasteiger partial charge in [0.15, 0.2) is 0 Å². The molecule has 2 N–H and O–H groups in total. The number of carbonyl (C=O) groups is 1. The summed E-state index contributed by atoms with van der Waals surface area (Å²) in [5.41, 5.74) is 1.33. The third-order valence-corrected chi connectivity index (χ3v) is 3.25. The van der Waals surface area contributed by atoms with Gasteiger partial charge in [0.2, 0.25) is 0 Å². The van der Waals surface area contributed by atoms with E-state index in [4.69, 9.17) is 0 Å². The Labute approximate surface area is 112 Å². The Hall–Kier alpha value is -1.94. The molecule has 1 saturated carbocycles. The molecular formula is C15H17N3O. The molecule has 1 aliphatic rings. The number of hydrogen-bond donors (Lipinski definition) is 2. The molecule has 4 heteroatoms. The molecule has 2 aromatic rings. The van der Waals surface area contributed by atoms with Gasteiger partial charge in [0.05, 0.1) is 5.52 Å². The number of rotatable bonds is 5. The van der Waals surface area contributed by atoms with E-state index in [2.05, 4.69) is 15.6 Å². The van der Waals surface area contributed by atoms with Crippen LogP contribution in [0.3, 0.4) is 0 Å². The SMILES string of the molecule is O=C(NCCNC1CC1)c1ccc2ccccc2n1. The monoisotopic (exact) mass is 255 g/mol. The topological polar surface area (TPSA) is 54.0 Å². The molecule has 0 bridgehead atoms. The minimum Gasteiger partial charge on any atom is -0.349 e. The van der Waals surface area contributed by atoms with Crippen molar-refractivity contribution in [1.29, 1.82) is 0 Å². The van der Waals surface area contributed by atoms with Crippen LogP contribution in [0.1, 0.15) is 23.3 Å². The molecule has 0 spiro atoms. The van der Waals surface area contributed by atoms with Crippen molar-refractivity contribution in [3.8, 4) is 0 Å². The van der Waals surface area contributed by atoms with Gasteiger partial charge in [0, 0.05) is 24.5 Å². The lowest BCUT2D eigenvalue weighted by Crippen LogP contribution is -2.33. The molecule has 0 saturated heterocycles. The fourth-order valence-electron chi connectivity index (χ4n) is 2.02. The lowest BCUT2D eigenvalue weighted by atomic mass is 10.2. The summed E-state index contributed by atoms with van der Waals surface area (Å²) < 4.78 is 0. The maximum Gasteiger partial charge on any atom is 0.269 e. The third-order valence-electron chi connectivity index (χ3n) is 3.25. The first-order valence-electron chi connectivity index (χ1n) is 6.70. The van der Waals surface area contributed by atoms with E-state index in [1.807, 2.05) is 30.3 Å². The van der Waals surface area contributed by atoms with Crippen LogP contribution in [0.2, 0.25) is 0 Å². The largest absolute Gasteiger partial charge is 0.349 e. The Morgan fingerprint density at radius 2 is 2.00 bits per heavy atom. The molecule has 0 unspecified atom stereocenters. The molecular weight excluding hydrogens is 238 g/mol. The highest BCUT2D eigenvalue weighted by Crippen LogP contribution is 2.17. The molecule has 0 aliphatic heterocycles. The Morgan fingerprint density at radius 1 is 1.16 bits per heavy atom. The zero-order valence-corrected chi connectivity index (χ0v) is 10.7. The maximum atomic E-state index is 11.9. The van der Waals surface area contributed by atoms with Crippen LogP contribution in [-0.4, -0.2) is 30.0 Å². The van der Waals surface area contributed by atoms with E-state index < -0.39 is 0 Å². The number of hydrogen-bond acceptors (Lipinski definition) is 3. The molecule has 98 valence electrons. The number of nitrogens with zero attached hydrogens (tertiary/aromatic N) is 1. The van der Waals surface area contributed by atoms with Crippen LogP contribution >= 0.6 is 0 Å². The number of benzene rings is 1. The van der Waals surface area contributed by atoms with E-state index in [0.717, 1.165) is 17.4 Å². The van der Waals surface area contributed by atoms with Crippen LogP contribution in [0.25, 0.3) is 10.9 Å². The van der Waals surface area contributed by atoms with Gasteiger partial charge in [-0.2, -0.15) is 0 Å². The third kappa shape index (κ3) is 3.09. The number of para-hydroxylation sites is 1. The van der Waals surface area contributed by atoms with Crippen molar-refractivity contribution in [2.45, 2.75) is 18.9 Å². The van der Waals surface area contributed by atoms with Crippen LogP contribution < -0.4 is 10.6 Å². The number of nitrogens with one attached hydrogen (secondary N) is 2. The molecule has 1 heterocycles. The number of fused-ring (bicyclic) bond motifs is 1. The summed E-state index contributed by atoms with van der Waals surface area (Å²) in [6.45, 7) is 1.47. The smallest absolute Gasteiger partial charge is 0.269 e. The van der Waals surface area contributed by atoms with Gasteiger partial charge in [-0.25, -0.2) is 4.98 Å². The zero-order chi connectivity index (χ0) is 13.1. The van der Waals surface area contributed by atoms with Gasteiger partial charge in [-0.1, -0.05) is 24.3 Å². The van der Waals surface area contributed by atoms with Gasteiger partial charge in [0.1, 0.15) is 5.69 Å². The Kier molecular flexibility index (Phi) is 3.42. The average molecular weight is 255 g/mol. The van der Waals surface area contributed by atoms with Crippen LogP contribution in [0.5, 0.6) is 0 Å². The van der Waals surface area contributed by atoms with E-state index >= 15 is 0 Å². The van der Waals surface area contributed by atoms with Gasteiger partial charge in [-0.05, 0) is 25.0 Å².